The van der Waals surface area contributed by atoms with Crippen LogP contribution in [0.25, 0.3) is 5.69 Å². The van der Waals surface area contributed by atoms with Crippen molar-refractivity contribution in [1.82, 2.24) is 9.78 Å². The number of ether oxygens (including phenoxy) is 1. The molecule has 6 nitrogen and oxygen atoms in total. The Bertz CT molecular complexity index is 579. The van der Waals surface area contributed by atoms with Crippen molar-refractivity contribution in [3.05, 3.63) is 42.7 Å². The average molecular weight is 259 g/mol. The maximum atomic E-state index is 11.5. The van der Waals surface area contributed by atoms with E-state index in [9.17, 15) is 9.59 Å². The highest BCUT2D eigenvalue weighted by atomic mass is 16.5. The summed E-state index contributed by atoms with van der Waals surface area (Å²) in [4.78, 5) is 22.7. The van der Waals surface area contributed by atoms with Crippen molar-refractivity contribution in [2.45, 2.75) is 6.92 Å². The summed E-state index contributed by atoms with van der Waals surface area (Å²) in [6.07, 6.45) is 3.44. The summed E-state index contributed by atoms with van der Waals surface area (Å²) in [5.41, 5.74) is 1.29. The number of anilines is 1. The van der Waals surface area contributed by atoms with Crippen molar-refractivity contribution >= 4 is 17.6 Å². The molecule has 1 aromatic heterocycles. The molecule has 6 heteroatoms. The predicted molar refractivity (Wildman–Crippen MR) is 68.8 cm³/mol. The van der Waals surface area contributed by atoms with Crippen LogP contribution in [-0.4, -0.2) is 28.3 Å². The van der Waals surface area contributed by atoms with Gasteiger partial charge in [-0.05, 0) is 31.2 Å². The van der Waals surface area contributed by atoms with Crippen LogP contribution in [0.4, 0.5) is 5.69 Å². The summed E-state index contributed by atoms with van der Waals surface area (Å²) >= 11 is 0. The van der Waals surface area contributed by atoms with Gasteiger partial charge in [-0.15, -0.1) is 0 Å². The van der Waals surface area contributed by atoms with Crippen LogP contribution in [0.2, 0.25) is 0 Å². The van der Waals surface area contributed by atoms with Gasteiger partial charge in [0, 0.05) is 18.1 Å². The molecule has 0 atom stereocenters. The number of carbonyl (C=O) groups is 2. The second kappa shape index (κ2) is 5.81. The van der Waals surface area contributed by atoms with E-state index in [4.69, 9.17) is 0 Å². The van der Waals surface area contributed by atoms with E-state index in [0.717, 1.165) is 5.69 Å². The Balaban J connectivity index is 2.12. The quantitative estimate of drug-likeness (QED) is 0.667. The van der Waals surface area contributed by atoms with E-state index in [2.05, 4.69) is 15.2 Å². The maximum absolute atomic E-state index is 11.5. The fourth-order valence-corrected chi connectivity index (χ4v) is 1.53. The van der Waals surface area contributed by atoms with Gasteiger partial charge in [0.1, 0.15) is 0 Å². The molecule has 98 valence electrons. The zero-order chi connectivity index (χ0) is 13.7. The lowest BCUT2D eigenvalue weighted by Gasteiger charge is -2.07. The SMILES string of the molecule is CCOC(=O)C(=O)Nc1cccc(-n2cccn2)c1. The van der Waals surface area contributed by atoms with Gasteiger partial charge in [0.05, 0.1) is 12.3 Å². The van der Waals surface area contributed by atoms with Gasteiger partial charge < -0.3 is 10.1 Å². The van der Waals surface area contributed by atoms with Gasteiger partial charge in [-0.3, -0.25) is 4.79 Å². The minimum Gasteiger partial charge on any atom is -0.459 e. The second-order valence-electron chi connectivity index (χ2n) is 3.68. The second-order valence-corrected chi connectivity index (χ2v) is 3.68. The summed E-state index contributed by atoms with van der Waals surface area (Å²) in [6.45, 7) is 1.81. The number of amides is 1. The van der Waals surface area contributed by atoms with Gasteiger partial charge >= 0.3 is 11.9 Å². The van der Waals surface area contributed by atoms with Crippen LogP contribution in [0, 0.1) is 0 Å². The molecule has 1 heterocycles. The van der Waals surface area contributed by atoms with Crippen LogP contribution in [0.5, 0.6) is 0 Å². The third-order valence-corrected chi connectivity index (χ3v) is 2.33. The van der Waals surface area contributed by atoms with E-state index < -0.39 is 11.9 Å². The number of hydrogen-bond donors (Lipinski definition) is 1. The number of esters is 1. The first-order chi connectivity index (χ1) is 9.20. The molecule has 19 heavy (non-hydrogen) atoms. The fourth-order valence-electron chi connectivity index (χ4n) is 1.53. The van der Waals surface area contributed by atoms with Gasteiger partial charge in [-0.1, -0.05) is 6.07 Å². The Hall–Kier alpha value is -2.63. The first kappa shape index (κ1) is 12.8. The fraction of sp³-hybridized carbons (Fsp3) is 0.154. The van der Waals surface area contributed by atoms with E-state index in [1.54, 1.807) is 48.3 Å². The average Bonchev–Trinajstić information content (AvgIpc) is 2.93. The first-order valence-corrected chi connectivity index (χ1v) is 5.79. The number of aromatic nitrogens is 2. The topological polar surface area (TPSA) is 73.2 Å². The molecule has 0 spiro atoms. The van der Waals surface area contributed by atoms with Crippen molar-refractivity contribution in [1.29, 1.82) is 0 Å². The summed E-state index contributed by atoms with van der Waals surface area (Å²) < 4.78 is 6.26. The van der Waals surface area contributed by atoms with Gasteiger partial charge in [-0.25, -0.2) is 9.48 Å². The van der Waals surface area contributed by atoms with Crippen molar-refractivity contribution < 1.29 is 14.3 Å². The smallest absolute Gasteiger partial charge is 0.397 e. The normalized spacial score (nSPS) is 9.95. The van der Waals surface area contributed by atoms with Crippen LogP contribution < -0.4 is 5.32 Å². The Morgan fingerprint density at radius 3 is 2.89 bits per heavy atom. The Morgan fingerprint density at radius 2 is 2.21 bits per heavy atom. The predicted octanol–water partition coefficient (Wildman–Crippen LogP) is 1.37. The minimum atomic E-state index is -0.896. The molecule has 0 aliphatic rings. The van der Waals surface area contributed by atoms with Crippen LogP contribution in [0.1, 0.15) is 6.92 Å². The molecule has 2 rings (SSSR count). The highest BCUT2D eigenvalue weighted by Crippen LogP contribution is 2.13. The molecule has 1 amide bonds. The number of nitrogens with zero attached hydrogens (tertiary/aromatic N) is 2. The minimum absolute atomic E-state index is 0.166. The molecular weight excluding hydrogens is 246 g/mol. The van der Waals surface area contributed by atoms with Crippen LogP contribution in [0.3, 0.4) is 0 Å². The zero-order valence-electron chi connectivity index (χ0n) is 10.4. The van der Waals surface area contributed by atoms with Crippen molar-refractivity contribution in [3.63, 3.8) is 0 Å². The van der Waals surface area contributed by atoms with Crippen molar-refractivity contribution in [3.8, 4) is 5.69 Å². The molecule has 0 radical (unpaired) electrons. The standard InChI is InChI=1S/C13H13N3O3/c1-2-19-13(18)12(17)15-10-5-3-6-11(9-10)16-8-4-7-14-16/h3-9H,2H2,1H3,(H,15,17). The lowest BCUT2D eigenvalue weighted by atomic mass is 10.2. The molecule has 0 bridgehead atoms. The highest BCUT2D eigenvalue weighted by Gasteiger charge is 2.14. The third kappa shape index (κ3) is 3.19. The largest absolute Gasteiger partial charge is 0.459 e. The number of benzene rings is 1. The first-order valence-electron chi connectivity index (χ1n) is 5.79. The van der Waals surface area contributed by atoms with E-state index in [1.807, 2.05) is 6.07 Å². The highest BCUT2D eigenvalue weighted by molar-refractivity contribution is 6.37. The van der Waals surface area contributed by atoms with Crippen LogP contribution in [-0.2, 0) is 14.3 Å². The number of carbonyl (C=O) groups excluding carboxylic acids is 2. The molecule has 0 unspecified atom stereocenters. The maximum Gasteiger partial charge on any atom is 0.397 e. The van der Waals surface area contributed by atoms with Crippen molar-refractivity contribution in [2.75, 3.05) is 11.9 Å². The molecule has 1 N–H and O–H groups in total. The molecule has 2 aromatic rings. The lowest BCUT2D eigenvalue weighted by molar-refractivity contribution is -0.152. The summed E-state index contributed by atoms with van der Waals surface area (Å²) in [7, 11) is 0. The van der Waals surface area contributed by atoms with Crippen molar-refractivity contribution in [2.24, 2.45) is 0 Å². The number of nitrogens with one attached hydrogen (secondary N) is 1. The Morgan fingerprint density at radius 1 is 1.37 bits per heavy atom. The molecule has 0 fully saturated rings. The third-order valence-electron chi connectivity index (χ3n) is 2.33. The summed E-state index contributed by atoms with van der Waals surface area (Å²) in [5.74, 6) is -1.69. The van der Waals surface area contributed by atoms with Gasteiger partial charge in [0.2, 0.25) is 0 Å². The zero-order valence-corrected chi connectivity index (χ0v) is 10.4. The number of rotatable bonds is 3. The molecule has 1 aromatic carbocycles. The Kier molecular flexibility index (Phi) is 3.92. The lowest BCUT2D eigenvalue weighted by Crippen LogP contribution is -2.25. The van der Waals surface area contributed by atoms with E-state index in [-0.39, 0.29) is 6.61 Å². The molecule has 0 aliphatic carbocycles. The van der Waals surface area contributed by atoms with E-state index in [1.165, 1.54) is 0 Å². The van der Waals surface area contributed by atoms with E-state index >= 15 is 0 Å². The summed E-state index contributed by atoms with van der Waals surface area (Å²) in [5, 5.41) is 6.56. The van der Waals surface area contributed by atoms with Gasteiger partial charge in [-0.2, -0.15) is 5.10 Å². The van der Waals surface area contributed by atoms with Crippen LogP contribution in [0.15, 0.2) is 42.7 Å². The molecular formula is C13H13N3O3. The summed E-state index contributed by atoms with van der Waals surface area (Å²) in [6, 6.07) is 8.79. The van der Waals surface area contributed by atoms with Gasteiger partial charge in [0.25, 0.3) is 0 Å². The molecule has 0 saturated heterocycles. The monoisotopic (exact) mass is 259 g/mol. The van der Waals surface area contributed by atoms with E-state index in [0.29, 0.717) is 5.69 Å². The number of hydrogen-bond acceptors (Lipinski definition) is 4. The van der Waals surface area contributed by atoms with Crippen LogP contribution >= 0.6 is 0 Å². The molecule has 0 aliphatic heterocycles. The Labute approximate surface area is 110 Å². The van der Waals surface area contributed by atoms with Gasteiger partial charge in [0.15, 0.2) is 0 Å². The molecule has 0 saturated carbocycles.